The van der Waals surface area contributed by atoms with Gasteiger partial charge in [0.25, 0.3) is 0 Å². The molecule has 1 aromatic heterocycles. The highest BCUT2D eigenvalue weighted by molar-refractivity contribution is 9.12. The van der Waals surface area contributed by atoms with Crippen LogP contribution in [0, 0.1) is 0 Å². The van der Waals surface area contributed by atoms with Crippen LogP contribution in [0.5, 0.6) is 0 Å². The van der Waals surface area contributed by atoms with E-state index in [1.165, 1.54) is 11.3 Å². The lowest BCUT2D eigenvalue weighted by Gasteiger charge is -2.32. The molecule has 0 saturated carbocycles. The molecule has 0 bridgehead atoms. The molecule has 2 heterocycles. The minimum atomic E-state index is -3.39. The van der Waals surface area contributed by atoms with Crippen molar-refractivity contribution < 1.29 is 8.42 Å². The van der Waals surface area contributed by atoms with E-state index in [4.69, 9.17) is 0 Å². The Labute approximate surface area is 122 Å². The monoisotopic (exact) mass is 402 g/mol. The molecular formula is C9H12Br2N2O2S2. The molecule has 1 fully saturated rings. The van der Waals surface area contributed by atoms with Crippen LogP contribution in [0.1, 0.15) is 6.92 Å². The lowest BCUT2D eigenvalue weighted by Crippen LogP contribution is -2.52. The van der Waals surface area contributed by atoms with Gasteiger partial charge in [0.2, 0.25) is 10.0 Å². The van der Waals surface area contributed by atoms with Crippen LogP contribution in [0.25, 0.3) is 0 Å². The molecule has 0 spiro atoms. The van der Waals surface area contributed by atoms with Gasteiger partial charge >= 0.3 is 0 Å². The second-order valence-corrected chi connectivity index (χ2v) is 9.47. The molecule has 1 aromatic rings. The van der Waals surface area contributed by atoms with Crippen molar-refractivity contribution >= 4 is 53.2 Å². The van der Waals surface area contributed by atoms with E-state index in [2.05, 4.69) is 37.2 Å². The standard InChI is InChI=1S/C9H12Br2N2O2S2/c1-6-5-12-2-3-13(6)17(14,15)7-4-8(10)16-9(7)11/h4,6,12H,2-3,5H2,1H3/t6-/m0/s1. The van der Waals surface area contributed by atoms with Gasteiger partial charge in [0, 0.05) is 25.7 Å². The number of nitrogens with zero attached hydrogens (tertiary/aromatic N) is 1. The summed E-state index contributed by atoms with van der Waals surface area (Å²) in [5.41, 5.74) is 0. The number of piperazine rings is 1. The first-order valence-electron chi connectivity index (χ1n) is 5.10. The zero-order valence-electron chi connectivity index (χ0n) is 9.11. The van der Waals surface area contributed by atoms with Crippen LogP contribution in [0.4, 0.5) is 0 Å². The highest BCUT2D eigenvalue weighted by atomic mass is 79.9. The summed E-state index contributed by atoms with van der Waals surface area (Å²) in [6.07, 6.45) is 0. The van der Waals surface area contributed by atoms with Crippen LogP contribution in [0.15, 0.2) is 18.5 Å². The number of sulfonamides is 1. The van der Waals surface area contributed by atoms with Gasteiger partial charge in [-0.2, -0.15) is 4.31 Å². The van der Waals surface area contributed by atoms with Crippen molar-refractivity contribution in [3.05, 3.63) is 13.6 Å². The van der Waals surface area contributed by atoms with Crippen LogP contribution in [-0.2, 0) is 10.0 Å². The number of nitrogens with one attached hydrogen (secondary N) is 1. The molecule has 17 heavy (non-hydrogen) atoms. The molecule has 1 aliphatic heterocycles. The van der Waals surface area contributed by atoms with Crippen molar-refractivity contribution in [2.24, 2.45) is 0 Å². The molecule has 0 aliphatic carbocycles. The molecule has 0 unspecified atom stereocenters. The Hall–Kier alpha value is 0.530. The number of hydrogen-bond acceptors (Lipinski definition) is 4. The molecule has 2 rings (SSSR count). The first-order valence-corrected chi connectivity index (χ1v) is 8.94. The van der Waals surface area contributed by atoms with E-state index in [-0.39, 0.29) is 6.04 Å². The predicted octanol–water partition coefficient (Wildman–Crippen LogP) is 2.26. The van der Waals surface area contributed by atoms with Gasteiger partial charge in [-0.1, -0.05) is 0 Å². The highest BCUT2D eigenvalue weighted by Crippen LogP contribution is 2.36. The molecule has 0 amide bonds. The summed E-state index contributed by atoms with van der Waals surface area (Å²) in [5, 5.41) is 3.18. The smallest absolute Gasteiger partial charge is 0.245 e. The zero-order valence-corrected chi connectivity index (χ0v) is 13.9. The summed E-state index contributed by atoms with van der Waals surface area (Å²) in [5.74, 6) is 0. The summed E-state index contributed by atoms with van der Waals surface area (Å²) >= 11 is 7.99. The molecule has 1 saturated heterocycles. The molecular weight excluding hydrogens is 392 g/mol. The third-order valence-electron chi connectivity index (χ3n) is 2.65. The van der Waals surface area contributed by atoms with Crippen molar-refractivity contribution in [1.82, 2.24) is 9.62 Å². The van der Waals surface area contributed by atoms with E-state index in [0.717, 1.165) is 3.79 Å². The molecule has 96 valence electrons. The highest BCUT2D eigenvalue weighted by Gasteiger charge is 2.33. The van der Waals surface area contributed by atoms with Gasteiger partial charge in [-0.05, 0) is 44.8 Å². The number of halogens is 2. The molecule has 1 aliphatic rings. The summed E-state index contributed by atoms with van der Waals surface area (Å²) in [6, 6.07) is 1.64. The molecule has 1 N–H and O–H groups in total. The van der Waals surface area contributed by atoms with Gasteiger partial charge in [-0.15, -0.1) is 11.3 Å². The van der Waals surface area contributed by atoms with Crippen molar-refractivity contribution in [2.45, 2.75) is 17.9 Å². The topological polar surface area (TPSA) is 49.4 Å². The Kier molecular flexibility index (Phi) is 4.32. The van der Waals surface area contributed by atoms with E-state index >= 15 is 0 Å². The van der Waals surface area contributed by atoms with Crippen LogP contribution >= 0.6 is 43.2 Å². The van der Waals surface area contributed by atoms with Crippen LogP contribution < -0.4 is 5.32 Å². The van der Waals surface area contributed by atoms with Crippen molar-refractivity contribution in [3.63, 3.8) is 0 Å². The maximum atomic E-state index is 12.5. The Balaban J connectivity index is 2.39. The lowest BCUT2D eigenvalue weighted by molar-refractivity contribution is 0.284. The Morgan fingerprint density at radius 1 is 1.53 bits per heavy atom. The lowest BCUT2D eigenvalue weighted by atomic mass is 10.3. The van der Waals surface area contributed by atoms with Crippen molar-refractivity contribution in [3.8, 4) is 0 Å². The summed E-state index contributed by atoms with van der Waals surface area (Å²) in [7, 11) is -3.39. The molecule has 1 atom stereocenters. The van der Waals surface area contributed by atoms with Crippen LogP contribution in [0.3, 0.4) is 0 Å². The third-order valence-corrected chi connectivity index (χ3v) is 7.42. The maximum Gasteiger partial charge on any atom is 0.245 e. The Morgan fingerprint density at radius 2 is 2.24 bits per heavy atom. The zero-order chi connectivity index (χ0) is 12.6. The molecule has 0 radical (unpaired) electrons. The van der Waals surface area contributed by atoms with Crippen LogP contribution in [0.2, 0.25) is 0 Å². The van der Waals surface area contributed by atoms with Crippen LogP contribution in [-0.4, -0.2) is 38.4 Å². The number of rotatable bonds is 2. The van der Waals surface area contributed by atoms with Gasteiger partial charge in [0.15, 0.2) is 0 Å². The normalized spacial score (nSPS) is 22.9. The number of thiophene rings is 1. The summed E-state index contributed by atoms with van der Waals surface area (Å²) < 4.78 is 28.0. The van der Waals surface area contributed by atoms with E-state index in [9.17, 15) is 8.42 Å². The van der Waals surface area contributed by atoms with Gasteiger partial charge in [-0.25, -0.2) is 8.42 Å². The maximum absolute atomic E-state index is 12.5. The van der Waals surface area contributed by atoms with Gasteiger partial charge < -0.3 is 5.32 Å². The van der Waals surface area contributed by atoms with Crippen molar-refractivity contribution in [1.29, 1.82) is 0 Å². The first kappa shape index (κ1) is 14.0. The predicted molar refractivity (Wildman–Crippen MR) is 75.9 cm³/mol. The second kappa shape index (κ2) is 5.26. The Bertz CT molecular complexity index is 515. The SMILES string of the molecule is C[C@H]1CNCCN1S(=O)(=O)c1cc(Br)sc1Br. The number of hydrogen-bond donors (Lipinski definition) is 1. The van der Waals surface area contributed by atoms with Gasteiger partial charge in [0.1, 0.15) is 4.90 Å². The van der Waals surface area contributed by atoms with E-state index in [0.29, 0.717) is 28.3 Å². The quantitative estimate of drug-likeness (QED) is 0.823. The molecule has 0 aromatic carbocycles. The fourth-order valence-corrected chi connectivity index (χ4v) is 7.20. The van der Waals surface area contributed by atoms with Crippen molar-refractivity contribution in [2.75, 3.05) is 19.6 Å². The fourth-order valence-electron chi connectivity index (χ4n) is 1.81. The largest absolute Gasteiger partial charge is 0.314 e. The summed E-state index contributed by atoms with van der Waals surface area (Å²) in [6.45, 7) is 3.83. The minimum Gasteiger partial charge on any atom is -0.314 e. The van der Waals surface area contributed by atoms with E-state index in [1.807, 2.05) is 6.92 Å². The van der Waals surface area contributed by atoms with Gasteiger partial charge in [0.05, 0.1) is 7.57 Å². The van der Waals surface area contributed by atoms with E-state index in [1.54, 1.807) is 10.4 Å². The molecule has 4 nitrogen and oxygen atoms in total. The van der Waals surface area contributed by atoms with E-state index < -0.39 is 10.0 Å². The minimum absolute atomic E-state index is 0.0145. The molecule has 8 heteroatoms. The Morgan fingerprint density at radius 3 is 2.76 bits per heavy atom. The average Bonchev–Trinajstić information content (AvgIpc) is 2.59. The second-order valence-electron chi connectivity index (χ2n) is 3.86. The average molecular weight is 404 g/mol. The summed E-state index contributed by atoms with van der Waals surface area (Å²) in [4.78, 5) is 0.350. The fraction of sp³-hybridized carbons (Fsp3) is 0.556. The first-order chi connectivity index (χ1) is 7.93. The van der Waals surface area contributed by atoms with Gasteiger partial charge in [-0.3, -0.25) is 0 Å². The third kappa shape index (κ3) is 2.76.